The van der Waals surface area contributed by atoms with Crippen LogP contribution < -0.4 is 9.47 Å². The van der Waals surface area contributed by atoms with E-state index in [1.165, 1.54) is 12.8 Å². The minimum absolute atomic E-state index is 0.476. The largest absolute Gasteiger partial charge is 0.486 e. The van der Waals surface area contributed by atoms with Crippen LogP contribution in [0.25, 0.3) is 0 Å². The Kier molecular flexibility index (Phi) is 4.10. The maximum absolute atomic E-state index is 6.34. The molecule has 2 aliphatic rings. The Labute approximate surface area is 140 Å². The molecule has 1 aromatic carbocycles. The van der Waals surface area contributed by atoms with Crippen LogP contribution in [0.4, 0.5) is 0 Å². The maximum Gasteiger partial charge on any atom is 0.179 e. The first kappa shape index (κ1) is 14.8. The van der Waals surface area contributed by atoms with Crippen LogP contribution in [-0.4, -0.2) is 45.5 Å². The van der Waals surface area contributed by atoms with Gasteiger partial charge in [0.2, 0.25) is 0 Å². The van der Waals surface area contributed by atoms with Gasteiger partial charge in [-0.1, -0.05) is 11.6 Å². The standard InChI is InChI=1S/C16H19ClN4O2/c17-14-6-12(7-15-16(14)23-5-4-22-15)8-20-3-1-2-13(20)9-21-11-18-10-19-21/h6-7,10-11,13H,1-5,8-9H2/t13-/m0/s1. The molecular weight excluding hydrogens is 316 g/mol. The predicted octanol–water partition coefficient (Wildman–Crippen LogP) is 2.37. The number of nitrogens with zero attached hydrogens (tertiary/aromatic N) is 4. The molecule has 1 atom stereocenters. The van der Waals surface area contributed by atoms with E-state index in [0.29, 0.717) is 30.0 Å². The van der Waals surface area contributed by atoms with Gasteiger partial charge in [0.15, 0.2) is 11.5 Å². The fourth-order valence-electron chi connectivity index (χ4n) is 3.34. The Morgan fingerprint density at radius 2 is 2.17 bits per heavy atom. The summed E-state index contributed by atoms with van der Waals surface area (Å²) in [6, 6.07) is 4.51. The Morgan fingerprint density at radius 3 is 3.04 bits per heavy atom. The van der Waals surface area contributed by atoms with Crippen LogP contribution in [0, 0.1) is 0 Å². The van der Waals surface area contributed by atoms with Crippen LogP contribution in [0.3, 0.4) is 0 Å². The van der Waals surface area contributed by atoms with Gasteiger partial charge < -0.3 is 9.47 Å². The molecule has 1 saturated heterocycles. The van der Waals surface area contributed by atoms with Crippen molar-refractivity contribution < 1.29 is 9.47 Å². The third-order valence-corrected chi connectivity index (χ3v) is 4.69. The van der Waals surface area contributed by atoms with Gasteiger partial charge in [-0.2, -0.15) is 5.10 Å². The lowest BCUT2D eigenvalue weighted by Gasteiger charge is -2.26. The molecule has 122 valence electrons. The van der Waals surface area contributed by atoms with Gasteiger partial charge in [0.25, 0.3) is 0 Å². The van der Waals surface area contributed by atoms with Crippen LogP contribution in [0.2, 0.25) is 5.02 Å². The zero-order valence-electron chi connectivity index (χ0n) is 12.8. The van der Waals surface area contributed by atoms with E-state index in [0.717, 1.165) is 30.9 Å². The molecule has 0 unspecified atom stereocenters. The minimum atomic E-state index is 0.476. The van der Waals surface area contributed by atoms with E-state index in [-0.39, 0.29) is 0 Å². The highest BCUT2D eigenvalue weighted by atomic mass is 35.5. The smallest absolute Gasteiger partial charge is 0.179 e. The number of likely N-dealkylation sites (tertiary alicyclic amines) is 1. The van der Waals surface area contributed by atoms with E-state index in [1.54, 1.807) is 12.7 Å². The second kappa shape index (κ2) is 6.37. The van der Waals surface area contributed by atoms with Gasteiger partial charge in [0, 0.05) is 12.6 Å². The number of halogens is 1. The third-order valence-electron chi connectivity index (χ3n) is 4.41. The van der Waals surface area contributed by atoms with E-state index in [2.05, 4.69) is 15.0 Å². The van der Waals surface area contributed by atoms with Crippen molar-refractivity contribution in [3.8, 4) is 11.5 Å². The molecule has 1 fully saturated rings. The lowest BCUT2D eigenvalue weighted by molar-refractivity contribution is 0.170. The fraction of sp³-hybridized carbons (Fsp3) is 0.500. The van der Waals surface area contributed by atoms with Gasteiger partial charge in [-0.3, -0.25) is 9.58 Å². The van der Waals surface area contributed by atoms with Crippen LogP contribution in [0.15, 0.2) is 24.8 Å². The maximum atomic E-state index is 6.34. The summed E-state index contributed by atoms with van der Waals surface area (Å²) in [4.78, 5) is 6.49. The number of hydrogen-bond donors (Lipinski definition) is 0. The van der Waals surface area contributed by atoms with Gasteiger partial charge >= 0.3 is 0 Å². The van der Waals surface area contributed by atoms with Gasteiger partial charge in [0.1, 0.15) is 25.9 Å². The molecule has 2 aliphatic heterocycles. The minimum Gasteiger partial charge on any atom is -0.486 e. The van der Waals surface area contributed by atoms with E-state index in [1.807, 2.05) is 16.8 Å². The molecule has 0 spiro atoms. The zero-order chi connectivity index (χ0) is 15.6. The second-order valence-corrected chi connectivity index (χ2v) is 6.39. The molecule has 0 radical (unpaired) electrons. The summed E-state index contributed by atoms with van der Waals surface area (Å²) in [6.45, 7) is 3.95. The van der Waals surface area contributed by atoms with E-state index >= 15 is 0 Å². The van der Waals surface area contributed by atoms with Gasteiger partial charge in [-0.25, -0.2) is 4.98 Å². The van der Waals surface area contributed by atoms with Crippen molar-refractivity contribution in [3.05, 3.63) is 35.4 Å². The topological polar surface area (TPSA) is 52.4 Å². The van der Waals surface area contributed by atoms with Crippen molar-refractivity contribution >= 4 is 11.6 Å². The summed E-state index contributed by atoms with van der Waals surface area (Å²) in [5.74, 6) is 1.42. The summed E-state index contributed by atoms with van der Waals surface area (Å²) in [7, 11) is 0. The Bertz CT molecular complexity index is 677. The molecule has 6 nitrogen and oxygen atoms in total. The third kappa shape index (κ3) is 3.14. The average Bonchev–Trinajstić information content (AvgIpc) is 3.21. The summed E-state index contributed by atoms with van der Waals surface area (Å²) in [6.07, 6.45) is 5.74. The van der Waals surface area contributed by atoms with Crippen LogP contribution in [0.1, 0.15) is 18.4 Å². The first-order valence-electron chi connectivity index (χ1n) is 7.94. The van der Waals surface area contributed by atoms with Gasteiger partial charge in [0.05, 0.1) is 11.6 Å². The molecule has 0 saturated carbocycles. The molecule has 0 aliphatic carbocycles. The first-order chi connectivity index (χ1) is 11.3. The Balaban J connectivity index is 1.49. The molecule has 23 heavy (non-hydrogen) atoms. The molecule has 3 heterocycles. The molecule has 0 bridgehead atoms. The lowest BCUT2D eigenvalue weighted by Crippen LogP contribution is -2.32. The van der Waals surface area contributed by atoms with Crippen LogP contribution in [0.5, 0.6) is 11.5 Å². The monoisotopic (exact) mass is 334 g/mol. The van der Waals surface area contributed by atoms with E-state index < -0.39 is 0 Å². The lowest BCUT2D eigenvalue weighted by atomic mass is 10.1. The molecule has 0 amide bonds. The van der Waals surface area contributed by atoms with Crippen LogP contribution in [-0.2, 0) is 13.1 Å². The summed E-state index contributed by atoms with van der Waals surface area (Å²) < 4.78 is 13.2. The van der Waals surface area contributed by atoms with Crippen molar-refractivity contribution in [1.29, 1.82) is 0 Å². The number of aromatic nitrogens is 3. The van der Waals surface area contributed by atoms with Gasteiger partial charge in [-0.05, 0) is 37.1 Å². The molecule has 7 heteroatoms. The van der Waals surface area contributed by atoms with Crippen molar-refractivity contribution in [2.75, 3.05) is 19.8 Å². The van der Waals surface area contributed by atoms with E-state index in [9.17, 15) is 0 Å². The van der Waals surface area contributed by atoms with E-state index in [4.69, 9.17) is 21.1 Å². The predicted molar refractivity (Wildman–Crippen MR) is 85.9 cm³/mol. The van der Waals surface area contributed by atoms with Crippen molar-refractivity contribution in [2.45, 2.75) is 32.0 Å². The molecule has 2 aromatic rings. The Hall–Kier alpha value is -1.79. The highest BCUT2D eigenvalue weighted by Gasteiger charge is 2.26. The zero-order valence-corrected chi connectivity index (χ0v) is 13.6. The van der Waals surface area contributed by atoms with Gasteiger partial charge in [-0.15, -0.1) is 0 Å². The average molecular weight is 335 g/mol. The summed E-state index contributed by atoms with van der Waals surface area (Å²) in [5.41, 5.74) is 1.16. The highest BCUT2D eigenvalue weighted by molar-refractivity contribution is 6.32. The molecular formula is C16H19ClN4O2. The molecule has 1 aromatic heterocycles. The summed E-state index contributed by atoms with van der Waals surface area (Å²) in [5, 5.41) is 4.84. The normalized spacial score (nSPS) is 20.8. The quantitative estimate of drug-likeness (QED) is 0.859. The highest BCUT2D eigenvalue weighted by Crippen LogP contribution is 2.39. The van der Waals surface area contributed by atoms with Crippen molar-refractivity contribution in [1.82, 2.24) is 19.7 Å². The Morgan fingerprint density at radius 1 is 1.26 bits per heavy atom. The van der Waals surface area contributed by atoms with Crippen LogP contribution >= 0.6 is 11.6 Å². The SMILES string of the molecule is Clc1cc(CN2CCC[C@H]2Cn2cncn2)cc2c1OCCO2. The number of ether oxygens (including phenoxy) is 2. The number of benzene rings is 1. The number of rotatable bonds is 4. The number of fused-ring (bicyclic) bond motifs is 1. The number of hydrogen-bond acceptors (Lipinski definition) is 5. The van der Waals surface area contributed by atoms with Crippen molar-refractivity contribution in [3.63, 3.8) is 0 Å². The second-order valence-electron chi connectivity index (χ2n) is 5.99. The summed E-state index contributed by atoms with van der Waals surface area (Å²) >= 11 is 6.34. The first-order valence-corrected chi connectivity index (χ1v) is 8.32. The fourth-order valence-corrected chi connectivity index (χ4v) is 3.63. The molecule has 0 N–H and O–H groups in total. The molecule has 4 rings (SSSR count). The van der Waals surface area contributed by atoms with Crippen molar-refractivity contribution in [2.24, 2.45) is 0 Å².